The van der Waals surface area contributed by atoms with Crippen LogP contribution in [0.4, 0.5) is 5.69 Å². The Balaban J connectivity index is 1.60. The van der Waals surface area contributed by atoms with E-state index in [1.165, 1.54) is 11.3 Å². The fraction of sp³-hybridized carbons (Fsp3) is 0.222. The molecule has 0 unspecified atom stereocenters. The van der Waals surface area contributed by atoms with E-state index in [9.17, 15) is 9.59 Å². The van der Waals surface area contributed by atoms with Gasteiger partial charge < -0.3 is 10.1 Å². The van der Waals surface area contributed by atoms with E-state index < -0.39 is 11.9 Å². The lowest BCUT2D eigenvalue weighted by molar-refractivity contribution is -0.119. The number of aromatic nitrogens is 2. The monoisotopic (exact) mass is 387 g/mol. The van der Waals surface area contributed by atoms with Gasteiger partial charge in [-0.3, -0.25) is 4.79 Å². The van der Waals surface area contributed by atoms with E-state index >= 15 is 0 Å². The van der Waals surface area contributed by atoms with E-state index in [1.807, 2.05) is 37.4 Å². The van der Waals surface area contributed by atoms with Gasteiger partial charge in [0.15, 0.2) is 6.61 Å². The molecule has 6 nitrogen and oxygen atoms in total. The van der Waals surface area contributed by atoms with Crippen molar-refractivity contribution in [3.05, 3.63) is 50.2 Å². The number of carbonyl (C=O) groups excluding carboxylic acids is 2. The molecule has 0 aliphatic carbocycles. The third-order valence-electron chi connectivity index (χ3n) is 3.48. The molecule has 134 valence electrons. The summed E-state index contributed by atoms with van der Waals surface area (Å²) in [5.41, 5.74) is 3.02. The lowest BCUT2D eigenvalue weighted by Crippen LogP contribution is -2.20. The van der Waals surface area contributed by atoms with Gasteiger partial charge in [0.25, 0.3) is 5.91 Å². The number of hydrogen-bond acceptors (Lipinski definition) is 7. The maximum atomic E-state index is 12.1. The third kappa shape index (κ3) is 4.33. The van der Waals surface area contributed by atoms with E-state index in [0.717, 1.165) is 21.3 Å². The zero-order valence-electron chi connectivity index (χ0n) is 14.5. The second-order valence-corrected chi connectivity index (χ2v) is 7.87. The molecule has 0 saturated heterocycles. The van der Waals surface area contributed by atoms with Crippen molar-refractivity contribution in [2.45, 2.75) is 20.8 Å². The first-order chi connectivity index (χ1) is 12.4. The number of esters is 1. The average Bonchev–Trinajstić information content (AvgIpc) is 3.18. The maximum Gasteiger partial charge on any atom is 0.350 e. The number of carbonyl (C=O) groups is 2. The molecule has 8 heteroatoms. The summed E-state index contributed by atoms with van der Waals surface area (Å²) in [4.78, 5) is 33.2. The van der Waals surface area contributed by atoms with E-state index in [1.54, 1.807) is 24.3 Å². The number of hydrogen-bond donors (Lipinski definition) is 1. The quantitative estimate of drug-likeness (QED) is 0.670. The number of thiazole rings is 2. The summed E-state index contributed by atoms with van der Waals surface area (Å²) in [6.07, 6.45) is 0. The maximum absolute atomic E-state index is 12.1. The summed E-state index contributed by atoms with van der Waals surface area (Å²) in [6.45, 7) is 5.15. The van der Waals surface area contributed by atoms with Gasteiger partial charge in [-0.1, -0.05) is 12.1 Å². The fourth-order valence-corrected chi connectivity index (χ4v) is 3.80. The molecule has 0 bridgehead atoms. The van der Waals surface area contributed by atoms with Gasteiger partial charge in [0.1, 0.15) is 4.88 Å². The van der Waals surface area contributed by atoms with Crippen LogP contribution in [0.2, 0.25) is 0 Å². The normalized spacial score (nSPS) is 10.6. The summed E-state index contributed by atoms with van der Waals surface area (Å²) in [6, 6.07) is 7.39. The summed E-state index contributed by atoms with van der Waals surface area (Å²) in [5, 5.41) is 6.47. The van der Waals surface area contributed by atoms with Crippen molar-refractivity contribution in [2.24, 2.45) is 0 Å². The van der Waals surface area contributed by atoms with E-state index in [4.69, 9.17) is 4.74 Å². The van der Waals surface area contributed by atoms with Gasteiger partial charge in [0.2, 0.25) is 0 Å². The second-order valence-electron chi connectivity index (χ2n) is 5.60. The standard InChI is InChI=1S/C18H17N3O3S2/c1-10-17(26-12(3)19-10)18(23)24-8-16(22)21-14-6-4-5-13(7-14)15-9-25-11(2)20-15/h4-7,9H,8H2,1-3H3,(H,21,22). The summed E-state index contributed by atoms with van der Waals surface area (Å²) >= 11 is 2.83. The van der Waals surface area contributed by atoms with Crippen LogP contribution in [-0.4, -0.2) is 28.5 Å². The number of benzene rings is 1. The second kappa shape index (κ2) is 7.76. The molecule has 0 spiro atoms. The molecule has 3 aromatic rings. The summed E-state index contributed by atoms with van der Waals surface area (Å²) in [5.74, 6) is -0.932. The summed E-state index contributed by atoms with van der Waals surface area (Å²) < 4.78 is 5.08. The molecular formula is C18H17N3O3S2. The Bertz CT molecular complexity index is 962. The SMILES string of the molecule is Cc1nc(-c2cccc(NC(=O)COC(=O)c3sc(C)nc3C)c2)cs1. The molecule has 0 aliphatic heterocycles. The van der Waals surface area contributed by atoms with Gasteiger partial charge >= 0.3 is 5.97 Å². The van der Waals surface area contributed by atoms with Crippen LogP contribution >= 0.6 is 22.7 Å². The lowest BCUT2D eigenvalue weighted by Gasteiger charge is -2.07. The molecule has 2 heterocycles. The average molecular weight is 387 g/mol. The van der Waals surface area contributed by atoms with Gasteiger partial charge in [-0.15, -0.1) is 22.7 Å². The van der Waals surface area contributed by atoms with E-state index in [-0.39, 0.29) is 6.61 Å². The van der Waals surface area contributed by atoms with Crippen molar-refractivity contribution in [3.63, 3.8) is 0 Å². The Labute approximate surface area is 158 Å². The molecule has 3 rings (SSSR count). The van der Waals surface area contributed by atoms with Crippen molar-refractivity contribution in [3.8, 4) is 11.3 Å². The van der Waals surface area contributed by atoms with Crippen molar-refractivity contribution < 1.29 is 14.3 Å². The lowest BCUT2D eigenvalue weighted by atomic mass is 10.1. The van der Waals surface area contributed by atoms with Crippen molar-refractivity contribution in [1.82, 2.24) is 9.97 Å². The fourth-order valence-electron chi connectivity index (χ4n) is 2.37. The van der Waals surface area contributed by atoms with Crippen LogP contribution in [-0.2, 0) is 9.53 Å². The van der Waals surface area contributed by atoms with Crippen molar-refractivity contribution in [2.75, 3.05) is 11.9 Å². The Morgan fingerprint density at radius 3 is 2.62 bits per heavy atom. The Hall–Kier alpha value is -2.58. The Morgan fingerprint density at radius 2 is 1.96 bits per heavy atom. The first-order valence-electron chi connectivity index (χ1n) is 7.86. The van der Waals surface area contributed by atoms with Gasteiger partial charge in [-0.2, -0.15) is 0 Å². The molecule has 2 aromatic heterocycles. The molecule has 0 aliphatic rings. The van der Waals surface area contributed by atoms with E-state index in [2.05, 4.69) is 15.3 Å². The molecule has 0 atom stereocenters. The van der Waals surface area contributed by atoms with Crippen molar-refractivity contribution >= 4 is 40.2 Å². The number of rotatable bonds is 5. The van der Waals surface area contributed by atoms with Gasteiger partial charge in [-0.05, 0) is 32.9 Å². The van der Waals surface area contributed by atoms with Gasteiger partial charge in [-0.25, -0.2) is 14.8 Å². The van der Waals surface area contributed by atoms with Crippen molar-refractivity contribution in [1.29, 1.82) is 0 Å². The van der Waals surface area contributed by atoms with Crippen LogP contribution in [0.3, 0.4) is 0 Å². The number of ether oxygens (including phenoxy) is 1. The third-order valence-corrected chi connectivity index (χ3v) is 5.31. The van der Waals surface area contributed by atoms with Crippen LogP contribution in [0.15, 0.2) is 29.6 Å². The largest absolute Gasteiger partial charge is 0.451 e. The molecule has 0 saturated carbocycles. The highest BCUT2D eigenvalue weighted by molar-refractivity contribution is 7.13. The van der Waals surface area contributed by atoms with Crippen LogP contribution in [0.1, 0.15) is 25.4 Å². The number of anilines is 1. The van der Waals surface area contributed by atoms with Gasteiger partial charge in [0.05, 0.1) is 21.4 Å². The molecule has 0 fully saturated rings. The van der Waals surface area contributed by atoms with Crippen LogP contribution in [0.25, 0.3) is 11.3 Å². The Morgan fingerprint density at radius 1 is 1.15 bits per heavy atom. The Kier molecular flexibility index (Phi) is 5.43. The van der Waals surface area contributed by atoms with Crippen LogP contribution in [0, 0.1) is 20.8 Å². The first-order valence-corrected chi connectivity index (χ1v) is 9.55. The molecule has 1 N–H and O–H groups in total. The number of amides is 1. The molecule has 1 amide bonds. The molecule has 26 heavy (non-hydrogen) atoms. The smallest absolute Gasteiger partial charge is 0.350 e. The number of nitrogens with one attached hydrogen (secondary N) is 1. The zero-order valence-corrected chi connectivity index (χ0v) is 16.2. The topological polar surface area (TPSA) is 81.2 Å². The number of aryl methyl sites for hydroxylation is 3. The number of nitrogens with zero attached hydrogens (tertiary/aromatic N) is 2. The molecule has 1 aromatic carbocycles. The van der Waals surface area contributed by atoms with Crippen LogP contribution < -0.4 is 5.32 Å². The molecule has 0 radical (unpaired) electrons. The van der Waals surface area contributed by atoms with E-state index in [0.29, 0.717) is 16.3 Å². The highest BCUT2D eigenvalue weighted by Crippen LogP contribution is 2.24. The zero-order chi connectivity index (χ0) is 18.7. The minimum absolute atomic E-state index is 0.352. The van der Waals surface area contributed by atoms with Gasteiger partial charge in [0, 0.05) is 16.6 Å². The minimum Gasteiger partial charge on any atom is -0.451 e. The highest BCUT2D eigenvalue weighted by Gasteiger charge is 2.16. The minimum atomic E-state index is -0.532. The first kappa shape index (κ1) is 18.2. The van der Waals surface area contributed by atoms with Crippen LogP contribution in [0.5, 0.6) is 0 Å². The molecular weight excluding hydrogens is 370 g/mol. The predicted molar refractivity (Wildman–Crippen MR) is 103 cm³/mol. The highest BCUT2D eigenvalue weighted by atomic mass is 32.1. The predicted octanol–water partition coefficient (Wildman–Crippen LogP) is 3.99. The summed E-state index contributed by atoms with van der Waals surface area (Å²) in [7, 11) is 0.